The summed E-state index contributed by atoms with van der Waals surface area (Å²) < 4.78 is 16.4. The molecule has 7 nitrogen and oxygen atoms in total. The third-order valence-electron chi connectivity index (χ3n) is 3.63. The van der Waals surface area contributed by atoms with Crippen LogP contribution < -0.4 is 0 Å². The van der Waals surface area contributed by atoms with Crippen LogP contribution in [0.15, 0.2) is 32.7 Å². The van der Waals surface area contributed by atoms with Gasteiger partial charge in [0.05, 0.1) is 19.4 Å². The van der Waals surface area contributed by atoms with Gasteiger partial charge < -0.3 is 13.7 Å². The number of hydrogen-bond acceptors (Lipinski definition) is 8. The van der Waals surface area contributed by atoms with E-state index in [-0.39, 0.29) is 6.10 Å². The van der Waals surface area contributed by atoms with Crippen LogP contribution in [0.4, 0.5) is 0 Å². The Bertz CT molecular complexity index is 767. The number of furan rings is 1. The molecule has 4 rings (SSSR count). The van der Waals surface area contributed by atoms with Crippen molar-refractivity contribution in [2.75, 3.05) is 19.7 Å². The Morgan fingerprint density at radius 1 is 1.39 bits per heavy atom. The molecule has 120 valence electrons. The van der Waals surface area contributed by atoms with Gasteiger partial charge in [-0.15, -0.1) is 11.3 Å². The molecule has 1 fully saturated rings. The van der Waals surface area contributed by atoms with Crippen LogP contribution in [0.1, 0.15) is 22.7 Å². The molecule has 23 heavy (non-hydrogen) atoms. The summed E-state index contributed by atoms with van der Waals surface area (Å²) in [7, 11) is 0. The molecule has 1 saturated heterocycles. The topological polar surface area (TPSA) is 77.4 Å². The molecular weight excluding hydrogens is 316 g/mol. The van der Waals surface area contributed by atoms with Crippen molar-refractivity contribution in [1.29, 1.82) is 0 Å². The summed E-state index contributed by atoms with van der Waals surface area (Å²) in [6, 6.07) is 3.61. The first-order chi connectivity index (χ1) is 11.3. The Labute approximate surface area is 136 Å². The number of ether oxygens (including phenoxy) is 1. The monoisotopic (exact) mass is 332 g/mol. The standard InChI is InChI=1S/C15H16N4O3S/c1-10-9-23-15(16-10)12-7-19(4-6-21-12)8-13-17-14(18-22-13)11-3-2-5-20-11/h2-3,5,9,12H,4,6-8H2,1H3/t12-/m1/s1. The van der Waals surface area contributed by atoms with Gasteiger partial charge in [0.2, 0.25) is 11.7 Å². The fourth-order valence-corrected chi connectivity index (χ4v) is 3.37. The van der Waals surface area contributed by atoms with Gasteiger partial charge in [-0.2, -0.15) is 4.98 Å². The fourth-order valence-electron chi connectivity index (χ4n) is 2.53. The smallest absolute Gasteiger partial charge is 0.241 e. The third-order valence-corrected chi connectivity index (χ3v) is 4.69. The molecule has 1 aliphatic heterocycles. The van der Waals surface area contributed by atoms with E-state index in [0.29, 0.717) is 30.6 Å². The molecule has 0 aromatic carbocycles. The lowest BCUT2D eigenvalue weighted by Gasteiger charge is -2.30. The zero-order valence-corrected chi connectivity index (χ0v) is 13.5. The second-order valence-corrected chi connectivity index (χ2v) is 6.30. The van der Waals surface area contributed by atoms with Crippen molar-refractivity contribution in [2.24, 2.45) is 0 Å². The van der Waals surface area contributed by atoms with Crippen LogP contribution in [0.5, 0.6) is 0 Å². The number of aromatic nitrogens is 3. The van der Waals surface area contributed by atoms with E-state index in [0.717, 1.165) is 23.8 Å². The predicted molar refractivity (Wildman–Crippen MR) is 82.8 cm³/mol. The summed E-state index contributed by atoms with van der Waals surface area (Å²) >= 11 is 1.64. The van der Waals surface area contributed by atoms with E-state index >= 15 is 0 Å². The molecule has 3 aromatic heterocycles. The quantitative estimate of drug-likeness (QED) is 0.727. The molecule has 1 atom stereocenters. The lowest BCUT2D eigenvalue weighted by atomic mass is 10.3. The first-order valence-electron chi connectivity index (χ1n) is 7.40. The highest BCUT2D eigenvalue weighted by Gasteiger charge is 2.25. The normalized spacial score (nSPS) is 19.3. The first-order valence-corrected chi connectivity index (χ1v) is 8.28. The van der Waals surface area contributed by atoms with Crippen molar-refractivity contribution in [3.63, 3.8) is 0 Å². The molecule has 0 spiro atoms. The zero-order valence-electron chi connectivity index (χ0n) is 12.6. The summed E-state index contributed by atoms with van der Waals surface area (Å²) in [4.78, 5) is 11.1. The molecule has 0 unspecified atom stereocenters. The second-order valence-electron chi connectivity index (χ2n) is 5.41. The van der Waals surface area contributed by atoms with E-state index in [1.807, 2.05) is 18.4 Å². The van der Waals surface area contributed by atoms with E-state index in [4.69, 9.17) is 13.7 Å². The fraction of sp³-hybridized carbons (Fsp3) is 0.400. The Kier molecular flexibility index (Phi) is 3.94. The van der Waals surface area contributed by atoms with Gasteiger partial charge in [-0.1, -0.05) is 5.16 Å². The first kappa shape index (κ1) is 14.6. The van der Waals surface area contributed by atoms with Gasteiger partial charge in [-0.3, -0.25) is 4.90 Å². The van der Waals surface area contributed by atoms with Crippen molar-refractivity contribution in [2.45, 2.75) is 19.6 Å². The molecule has 1 aliphatic rings. The average Bonchev–Trinajstić information content (AvgIpc) is 3.28. The minimum Gasteiger partial charge on any atom is -0.461 e. The molecule has 0 saturated carbocycles. The summed E-state index contributed by atoms with van der Waals surface area (Å²) in [5.74, 6) is 1.66. The van der Waals surface area contributed by atoms with Crippen LogP contribution >= 0.6 is 11.3 Å². The van der Waals surface area contributed by atoms with Crippen LogP contribution in [0.25, 0.3) is 11.6 Å². The highest BCUT2D eigenvalue weighted by Crippen LogP contribution is 2.26. The third kappa shape index (κ3) is 3.19. The Morgan fingerprint density at radius 2 is 2.35 bits per heavy atom. The minimum atomic E-state index is 0.00918. The number of morpholine rings is 1. The SMILES string of the molecule is Cc1csc([C@H]2CN(Cc3nc(-c4ccco4)no3)CCO2)n1. The van der Waals surface area contributed by atoms with Crippen LogP contribution in [0.2, 0.25) is 0 Å². The molecule has 8 heteroatoms. The summed E-state index contributed by atoms with van der Waals surface area (Å²) in [5, 5.41) is 7.03. The lowest BCUT2D eigenvalue weighted by molar-refractivity contribution is -0.0357. The summed E-state index contributed by atoms with van der Waals surface area (Å²) in [5.41, 5.74) is 1.03. The molecule has 0 radical (unpaired) electrons. The van der Waals surface area contributed by atoms with E-state index in [1.165, 1.54) is 0 Å². The highest BCUT2D eigenvalue weighted by molar-refractivity contribution is 7.09. The van der Waals surface area contributed by atoms with Crippen molar-refractivity contribution in [3.05, 3.63) is 40.4 Å². The van der Waals surface area contributed by atoms with Crippen molar-refractivity contribution in [3.8, 4) is 11.6 Å². The number of hydrogen-bond donors (Lipinski definition) is 0. The van der Waals surface area contributed by atoms with E-state index in [2.05, 4.69) is 20.0 Å². The van der Waals surface area contributed by atoms with Crippen molar-refractivity contribution < 1.29 is 13.7 Å². The number of nitrogens with zero attached hydrogens (tertiary/aromatic N) is 4. The zero-order chi connectivity index (χ0) is 15.6. The Morgan fingerprint density at radius 3 is 3.13 bits per heavy atom. The van der Waals surface area contributed by atoms with E-state index in [1.54, 1.807) is 23.7 Å². The van der Waals surface area contributed by atoms with Gasteiger partial charge in [-0.05, 0) is 19.1 Å². The second kappa shape index (κ2) is 6.23. The largest absolute Gasteiger partial charge is 0.461 e. The maximum atomic E-state index is 5.83. The molecule has 0 aliphatic carbocycles. The Balaban J connectivity index is 1.42. The van der Waals surface area contributed by atoms with Gasteiger partial charge in [0, 0.05) is 24.2 Å². The Hall–Kier alpha value is -2.03. The van der Waals surface area contributed by atoms with E-state index in [9.17, 15) is 0 Å². The number of aryl methyl sites for hydroxylation is 1. The van der Waals surface area contributed by atoms with Gasteiger partial charge in [0.1, 0.15) is 11.1 Å². The molecule has 0 N–H and O–H groups in total. The molecule has 0 amide bonds. The minimum absolute atomic E-state index is 0.00918. The maximum Gasteiger partial charge on any atom is 0.241 e. The summed E-state index contributed by atoms with van der Waals surface area (Å²) in [6.07, 6.45) is 1.60. The van der Waals surface area contributed by atoms with Crippen LogP contribution in [-0.4, -0.2) is 39.7 Å². The molecule has 4 heterocycles. The number of rotatable bonds is 4. The molecular formula is C15H16N4O3S. The average molecular weight is 332 g/mol. The van der Waals surface area contributed by atoms with Crippen molar-refractivity contribution >= 4 is 11.3 Å². The van der Waals surface area contributed by atoms with Crippen molar-refractivity contribution in [1.82, 2.24) is 20.0 Å². The van der Waals surface area contributed by atoms with Gasteiger partial charge >= 0.3 is 0 Å². The maximum absolute atomic E-state index is 5.83. The van der Waals surface area contributed by atoms with E-state index < -0.39 is 0 Å². The number of thiazole rings is 1. The van der Waals surface area contributed by atoms with Gasteiger partial charge in [-0.25, -0.2) is 4.98 Å². The van der Waals surface area contributed by atoms with Crippen LogP contribution in [-0.2, 0) is 11.3 Å². The van der Waals surface area contributed by atoms with Crippen LogP contribution in [0, 0.1) is 6.92 Å². The predicted octanol–water partition coefficient (Wildman–Crippen LogP) is 2.67. The van der Waals surface area contributed by atoms with Crippen LogP contribution in [0.3, 0.4) is 0 Å². The molecule has 3 aromatic rings. The highest BCUT2D eigenvalue weighted by atomic mass is 32.1. The lowest BCUT2D eigenvalue weighted by Crippen LogP contribution is -2.37. The molecule has 0 bridgehead atoms. The van der Waals surface area contributed by atoms with Gasteiger partial charge in [0.15, 0.2) is 5.76 Å². The summed E-state index contributed by atoms with van der Waals surface area (Å²) in [6.45, 7) is 4.86. The van der Waals surface area contributed by atoms with Gasteiger partial charge in [0.25, 0.3) is 0 Å².